The number of fused-ring (bicyclic) bond motifs is 1. The van der Waals surface area contributed by atoms with Crippen LogP contribution in [-0.2, 0) is 0 Å². The second-order valence-electron chi connectivity index (χ2n) is 5.28. The summed E-state index contributed by atoms with van der Waals surface area (Å²) >= 11 is 0. The molecule has 0 saturated heterocycles. The molecule has 0 aliphatic carbocycles. The fraction of sp³-hybridized carbons (Fsp3) is 0. The number of aromatic amines is 1. The summed E-state index contributed by atoms with van der Waals surface area (Å²) in [7, 11) is 0. The first-order valence-corrected chi connectivity index (χ1v) is 7.33. The average molecular weight is 320 g/mol. The fourth-order valence-electron chi connectivity index (χ4n) is 2.58. The van der Waals surface area contributed by atoms with Crippen molar-refractivity contribution in [2.24, 2.45) is 0 Å². The molecule has 3 N–H and O–H groups in total. The van der Waals surface area contributed by atoms with Crippen molar-refractivity contribution in [2.75, 3.05) is 5.73 Å². The highest BCUT2D eigenvalue weighted by molar-refractivity contribution is 6.00. The third-order valence-corrected chi connectivity index (χ3v) is 3.71. The molecule has 0 radical (unpaired) electrons. The Morgan fingerprint density at radius 2 is 1.88 bits per heavy atom. The summed E-state index contributed by atoms with van der Waals surface area (Å²) in [5.41, 5.74) is 7.96. The van der Waals surface area contributed by atoms with Crippen LogP contribution >= 0.6 is 0 Å². The van der Waals surface area contributed by atoms with Gasteiger partial charge in [0.25, 0.3) is 0 Å². The Morgan fingerprint density at radius 3 is 2.67 bits per heavy atom. The molecule has 2 aromatic carbocycles. The molecule has 0 atom stereocenters. The van der Waals surface area contributed by atoms with E-state index in [9.17, 15) is 4.39 Å². The van der Waals surface area contributed by atoms with Crippen LogP contribution in [0.5, 0.6) is 11.5 Å². The number of benzene rings is 2. The van der Waals surface area contributed by atoms with Gasteiger partial charge in [-0.1, -0.05) is 24.3 Å². The molecule has 0 bridgehead atoms. The second kappa shape index (κ2) is 5.66. The third kappa shape index (κ3) is 2.44. The summed E-state index contributed by atoms with van der Waals surface area (Å²) < 4.78 is 20.0. The maximum atomic E-state index is 14.4. The van der Waals surface area contributed by atoms with E-state index in [0.29, 0.717) is 28.2 Å². The van der Waals surface area contributed by atoms with Crippen LogP contribution in [-0.4, -0.2) is 15.2 Å². The Morgan fingerprint density at radius 1 is 1.04 bits per heavy atom. The standard InChI is InChI=1S/C18H13FN4O/c19-14-8-11(6-7-16(14)24-12-4-2-1-3-5-12)13-9-21-10-15-17(13)18(20)23-22-15/h1-10H,(H3,20,22,23). The molecule has 0 fully saturated rings. The molecule has 0 unspecified atom stereocenters. The summed E-state index contributed by atoms with van der Waals surface area (Å²) in [6, 6.07) is 13.8. The quantitative estimate of drug-likeness (QED) is 0.595. The van der Waals surface area contributed by atoms with Crippen LogP contribution in [0.4, 0.5) is 10.2 Å². The van der Waals surface area contributed by atoms with Crippen LogP contribution in [0.25, 0.3) is 22.0 Å². The molecule has 0 spiro atoms. The number of hydrogen-bond donors (Lipinski definition) is 2. The topological polar surface area (TPSA) is 76.8 Å². The van der Waals surface area contributed by atoms with Crippen LogP contribution in [0.1, 0.15) is 0 Å². The summed E-state index contributed by atoms with van der Waals surface area (Å²) in [6.45, 7) is 0. The predicted octanol–water partition coefficient (Wildman–Crippen LogP) is 4.14. The molecule has 0 aliphatic rings. The minimum absolute atomic E-state index is 0.158. The number of ether oxygens (including phenoxy) is 1. The number of nitrogens with two attached hydrogens (primary N) is 1. The normalized spacial score (nSPS) is 10.9. The fourth-order valence-corrected chi connectivity index (χ4v) is 2.58. The van der Waals surface area contributed by atoms with Gasteiger partial charge in [0, 0.05) is 11.8 Å². The van der Waals surface area contributed by atoms with Gasteiger partial charge in [-0.05, 0) is 29.8 Å². The number of rotatable bonds is 3. The maximum Gasteiger partial charge on any atom is 0.166 e. The van der Waals surface area contributed by atoms with E-state index in [2.05, 4.69) is 15.2 Å². The van der Waals surface area contributed by atoms with Gasteiger partial charge >= 0.3 is 0 Å². The second-order valence-corrected chi connectivity index (χ2v) is 5.28. The van der Waals surface area contributed by atoms with Crippen molar-refractivity contribution < 1.29 is 9.13 Å². The van der Waals surface area contributed by atoms with Crippen molar-refractivity contribution in [3.05, 3.63) is 66.7 Å². The Labute approximate surface area is 136 Å². The minimum Gasteiger partial charge on any atom is -0.454 e. The first-order chi connectivity index (χ1) is 11.7. The van der Waals surface area contributed by atoms with E-state index >= 15 is 0 Å². The molecule has 2 aromatic heterocycles. The lowest BCUT2D eigenvalue weighted by atomic mass is 10.0. The first-order valence-electron chi connectivity index (χ1n) is 7.33. The number of halogens is 1. The molecule has 118 valence electrons. The van der Waals surface area contributed by atoms with Gasteiger partial charge in [0.05, 0.1) is 17.1 Å². The van der Waals surface area contributed by atoms with Gasteiger partial charge < -0.3 is 10.5 Å². The molecule has 24 heavy (non-hydrogen) atoms. The number of aromatic nitrogens is 3. The summed E-state index contributed by atoms with van der Waals surface area (Å²) in [5, 5.41) is 7.50. The third-order valence-electron chi connectivity index (χ3n) is 3.71. The molecule has 0 saturated carbocycles. The maximum absolute atomic E-state index is 14.4. The SMILES string of the molecule is Nc1n[nH]c2cncc(-c3ccc(Oc4ccccc4)c(F)c3)c12. The number of pyridine rings is 1. The minimum atomic E-state index is -0.463. The van der Waals surface area contributed by atoms with Crippen molar-refractivity contribution >= 4 is 16.7 Å². The van der Waals surface area contributed by atoms with Crippen LogP contribution in [0.3, 0.4) is 0 Å². The highest BCUT2D eigenvalue weighted by atomic mass is 19.1. The number of nitrogens with one attached hydrogen (secondary N) is 1. The van der Waals surface area contributed by atoms with Gasteiger partial charge in [-0.15, -0.1) is 0 Å². The molecule has 0 aliphatic heterocycles. The van der Waals surface area contributed by atoms with E-state index < -0.39 is 5.82 Å². The van der Waals surface area contributed by atoms with Gasteiger partial charge in [0.2, 0.25) is 0 Å². The molecule has 5 nitrogen and oxygen atoms in total. The van der Waals surface area contributed by atoms with Crippen molar-refractivity contribution in [1.29, 1.82) is 0 Å². The first kappa shape index (κ1) is 14.2. The monoisotopic (exact) mass is 320 g/mol. The van der Waals surface area contributed by atoms with E-state index in [1.165, 1.54) is 6.07 Å². The molecular formula is C18H13FN4O. The Kier molecular flexibility index (Phi) is 3.35. The van der Waals surface area contributed by atoms with E-state index in [1.54, 1.807) is 36.7 Å². The van der Waals surface area contributed by atoms with Crippen molar-refractivity contribution in [2.45, 2.75) is 0 Å². The van der Waals surface area contributed by atoms with Gasteiger partial charge in [-0.2, -0.15) is 5.10 Å². The Bertz CT molecular complexity index is 1010. The molecule has 6 heteroatoms. The van der Waals surface area contributed by atoms with E-state index in [1.807, 2.05) is 18.2 Å². The molecule has 4 rings (SSSR count). The van der Waals surface area contributed by atoms with E-state index in [4.69, 9.17) is 10.5 Å². The van der Waals surface area contributed by atoms with Crippen LogP contribution in [0.2, 0.25) is 0 Å². The number of nitrogens with zero attached hydrogens (tertiary/aromatic N) is 2. The van der Waals surface area contributed by atoms with Gasteiger partial charge in [-0.3, -0.25) is 10.1 Å². The number of nitrogen functional groups attached to an aromatic ring is 1. The average Bonchev–Trinajstić information content (AvgIpc) is 2.99. The highest BCUT2D eigenvalue weighted by Gasteiger charge is 2.13. The summed E-state index contributed by atoms with van der Waals surface area (Å²) in [6.07, 6.45) is 3.27. The van der Waals surface area contributed by atoms with Gasteiger partial charge in [0.1, 0.15) is 5.75 Å². The van der Waals surface area contributed by atoms with Crippen molar-refractivity contribution in [3.63, 3.8) is 0 Å². The zero-order valence-electron chi connectivity index (χ0n) is 12.5. The van der Waals surface area contributed by atoms with Gasteiger partial charge in [-0.25, -0.2) is 4.39 Å². The Balaban J connectivity index is 1.75. The van der Waals surface area contributed by atoms with Crippen LogP contribution < -0.4 is 10.5 Å². The lowest BCUT2D eigenvalue weighted by molar-refractivity contribution is 0.442. The van der Waals surface area contributed by atoms with Crippen molar-refractivity contribution in [3.8, 4) is 22.6 Å². The highest BCUT2D eigenvalue weighted by Crippen LogP contribution is 2.33. The van der Waals surface area contributed by atoms with Crippen molar-refractivity contribution in [1.82, 2.24) is 15.2 Å². The van der Waals surface area contributed by atoms with E-state index in [0.717, 1.165) is 5.39 Å². The Hall–Kier alpha value is -3.41. The number of para-hydroxylation sites is 1. The van der Waals surface area contributed by atoms with Crippen LogP contribution in [0, 0.1) is 5.82 Å². The van der Waals surface area contributed by atoms with Gasteiger partial charge in [0.15, 0.2) is 17.4 Å². The van der Waals surface area contributed by atoms with E-state index in [-0.39, 0.29) is 5.75 Å². The molecular weight excluding hydrogens is 307 g/mol. The molecule has 2 heterocycles. The largest absolute Gasteiger partial charge is 0.454 e. The number of H-pyrrole nitrogens is 1. The lowest BCUT2D eigenvalue weighted by Gasteiger charge is -2.09. The smallest absolute Gasteiger partial charge is 0.166 e. The number of hydrogen-bond acceptors (Lipinski definition) is 4. The predicted molar refractivity (Wildman–Crippen MR) is 90.2 cm³/mol. The number of anilines is 1. The molecule has 4 aromatic rings. The lowest BCUT2D eigenvalue weighted by Crippen LogP contribution is -1.91. The van der Waals surface area contributed by atoms with Crippen LogP contribution in [0.15, 0.2) is 60.9 Å². The summed E-state index contributed by atoms with van der Waals surface area (Å²) in [5.74, 6) is 0.625. The zero-order chi connectivity index (χ0) is 16.5. The molecule has 0 amide bonds. The summed E-state index contributed by atoms with van der Waals surface area (Å²) in [4.78, 5) is 4.14. The zero-order valence-corrected chi connectivity index (χ0v) is 12.5.